The third-order valence-corrected chi connectivity index (χ3v) is 6.07. The van der Waals surface area contributed by atoms with Gasteiger partial charge in [0.2, 0.25) is 11.6 Å². The van der Waals surface area contributed by atoms with Gasteiger partial charge in [-0.3, -0.25) is 14.5 Å². The fourth-order valence-corrected chi connectivity index (χ4v) is 4.49. The summed E-state index contributed by atoms with van der Waals surface area (Å²) in [6.07, 6.45) is 1.22. The normalized spacial score (nSPS) is 16.7. The van der Waals surface area contributed by atoms with E-state index in [2.05, 4.69) is 4.90 Å². The number of benzene rings is 2. The van der Waals surface area contributed by atoms with Crippen molar-refractivity contribution in [1.82, 2.24) is 4.90 Å². The summed E-state index contributed by atoms with van der Waals surface area (Å²) in [5.41, 5.74) is 3.30. The maximum atomic E-state index is 12.8. The van der Waals surface area contributed by atoms with Crippen LogP contribution in [0.5, 0.6) is 5.75 Å². The lowest BCUT2D eigenvalue weighted by molar-refractivity contribution is 0.0813. The van der Waals surface area contributed by atoms with Crippen molar-refractivity contribution in [2.24, 2.45) is 0 Å². The van der Waals surface area contributed by atoms with Gasteiger partial charge in [0, 0.05) is 29.3 Å². The zero-order chi connectivity index (χ0) is 20.8. The molecular formula is C24H21NO5. The van der Waals surface area contributed by atoms with Crippen LogP contribution in [0.4, 0.5) is 0 Å². The van der Waals surface area contributed by atoms with Crippen LogP contribution in [0.25, 0.3) is 11.3 Å². The van der Waals surface area contributed by atoms with Crippen molar-refractivity contribution in [3.05, 3.63) is 76.5 Å². The highest BCUT2D eigenvalue weighted by Crippen LogP contribution is 2.40. The number of hydrogen-bond acceptors (Lipinski definition) is 6. The van der Waals surface area contributed by atoms with Crippen molar-refractivity contribution < 1.29 is 24.2 Å². The first-order valence-corrected chi connectivity index (χ1v) is 10.0. The van der Waals surface area contributed by atoms with Gasteiger partial charge in [-0.15, -0.1) is 0 Å². The summed E-state index contributed by atoms with van der Waals surface area (Å²) in [6, 6.07) is 13.9. The van der Waals surface area contributed by atoms with Crippen LogP contribution in [0.1, 0.15) is 37.6 Å². The van der Waals surface area contributed by atoms with E-state index < -0.39 is 11.6 Å². The molecule has 6 nitrogen and oxygen atoms in total. The molecule has 6 heteroatoms. The predicted octanol–water partition coefficient (Wildman–Crippen LogP) is 2.99. The lowest BCUT2D eigenvalue weighted by Crippen LogP contribution is -2.42. The summed E-state index contributed by atoms with van der Waals surface area (Å²) in [7, 11) is 0. The average molecular weight is 403 g/mol. The molecule has 1 aliphatic heterocycles. The van der Waals surface area contributed by atoms with Crippen molar-refractivity contribution in [3.63, 3.8) is 0 Å². The maximum absolute atomic E-state index is 12.8. The molecule has 1 aliphatic carbocycles. The number of Topliss-reactive ketones (excluding diaryl/α,β-unsaturated/α-hetero) is 2. The standard InChI is InChI=1S/C24H21NO5/c26-13-15(11-14-5-7-16(27)8-6-14)25-10-9-19-20(12-25)30-24-18-4-2-1-3-17(18)22(28)23(29)21(19)24/h1-8,15,26-27H,9-13H2/t15-/m0/s1. The van der Waals surface area contributed by atoms with Gasteiger partial charge in [-0.2, -0.15) is 0 Å². The Kier molecular flexibility index (Phi) is 4.53. The Morgan fingerprint density at radius 2 is 1.73 bits per heavy atom. The van der Waals surface area contributed by atoms with E-state index in [1.54, 1.807) is 24.3 Å². The summed E-state index contributed by atoms with van der Waals surface area (Å²) in [6.45, 7) is 1.11. The molecule has 0 unspecified atom stereocenters. The lowest BCUT2D eigenvalue weighted by atomic mass is 9.85. The molecule has 2 aromatic carbocycles. The minimum atomic E-state index is -0.495. The van der Waals surface area contributed by atoms with Gasteiger partial charge in [0.1, 0.15) is 17.3 Å². The lowest BCUT2D eigenvalue weighted by Gasteiger charge is -2.33. The van der Waals surface area contributed by atoms with Crippen LogP contribution < -0.4 is 0 Å². The maximum Gasteiger partial charge on any atom is 0.237 e. The number of phenols is 1. The number of aliphatic hydroxyl groups is 1. The Labute approximate surface area is 173 Å². The second-order valence-corrected chi connectivity index (χ2v) is 7.84. The van der Waals surface area contributed by atoms with E-state index in [1.807, 2.05) is 24.3 Å². The highest BCUT2D eigenvalue weighted by molar-refractivity contribution is 6.53. The Bertz CT molecular complexity index is 1140. The van der Waals surface area contributed by atoms with E-state index in [4.69, 9.17) is 4.42 Å². The van der Waals surface area contributed by atoms with Crippen LogP contribution in [-0.4, -0.2) is 45.9 Å². The quantitative estimate of drug-likeness (QED) is 0.651. The second-order valence-electron chi connectivity index (χ2n) is 7.84. The summed E-state index contributed by atoms with van der Waals surface area (Å²) in [4.78, 5) is 27.5. The fraction of sp³-hybridized carbons (Fsp3) is 0.250. The first kappa shape index (κ1) is 18.8. The molecule has 0 saturated heterocycles. The Hall–Kier alpha value is -3.22. The van der Waals surface area contributed by atoms with Gasteiger partial charge < -0.3 is 14.6 Å². The Morgan fingerprint density at radius 1 is 1.00 bits per heavy atom. The van der Waals surface area contributed by atoms with Crippen molar-refractivity contribution in [2.75, 3.05) is 13.2 Å². The minimum absolute atomic E-state index is 0.0170. The molecule has 3 aromatic rings. The van der Waals surface area contributed by atoms with Gasteiger partial charge in [-0.05, 0) is 30.5 Å². The van der Waals surface area contributed by atoms with Crippen molar-refractivity contribution in [3.8, 4) is 17.1 Å². The van der Waals surface area contributed by atoms with Crippen LogP contribution in [-0.2, 0) is 19.4 Å². The number of hydrogen-bond donors (Lipinski definition) is 2. The fourth-order valence-electron chi connectivity index (χ4n) is 4.49. The van der Waals surface area contributed by atoms with Crippen LogP contribution in [0.3, 0.4) is 0 Å². The summed E-state index contributed by atoms with van der Waals surface area (Å²) < 4.78 is 6.14. The van der Waals surface area contributed by atoms with E-state index in [1.165, 1.54) is 0 Å². The Morgan fingerprint density at radius 3 is 2.47 bits per heavy atom. The summed E-state index contributed by atoms with van der Waals surface area (Å²) >= 11 is 0. The average Bonchev–Trinajstić information content (AvgIpc) is 3.16. The number of aromatic hydroxyl groups is 1. The second kappa shape index (κ2) is 7.23. The molecule has 30 heavy (non-hydrogen) atoms. The number of fused-ring (bicyclic) bond motifs is 5. The molecule has 1 aromatic heterocycles. The number of rotatable bonds is 4. The first-order valence-electron chi connectivity index (χ1n) is 10.0. The molecule has 0 saturated carbocycles. The molecule has 2 heterocycles. The number of furan rings is 1. The number of ketones is 2. The molecule has 0 fully saturated rings. The topological polar surface area (TPSA) is 91.0 Å². The third-order valence-electron chi connectivity index (χ3n) is 6.07. The molecule has 2 N–H and O–H groups in total. The zero-order valence-corrected chi connectivity index (χ0v) is 16.3. The molecule has 1 atom stereocenters. The van der Waals surface area contributed by atoms with Crippen LogP contribution in [0.2, 0.25) is 0 Å². The molecule has 2 aliphatic rings. The first-order chi connectivity index (χ1) is 14.6. The van der Waals surface area contributed by atoms with E-state index in [0.29, 0.717) is 54.1 Å². The van der Waals surface area contributed by atoms with Crippen molar-refractivity contribution in [2.45, 2.75) is 25.4 Å². The minimum Gasteiger partial charge on any atom is -0.508 e. The smallest absolute Gasteiger partial charge is 0.237 e. The number of nitrogens with zero attached hydrogens (tertiary/aromatic N) is 1. The molecule has 0 amide bonds. The van der Waals surface area contributed by atoms with Gasteiger partial charge in [-0.25, -0.2) is 0 Å². The van der Waals surface area contributed by atoms with E-state index in [0.717, 1.165) is 11.1 Å². The highest BCUT2D eigenvalue weighted by Gasteiger charge is 2.39. The molecule has 0 bridgehead atoms. The number of carbonyl (C=O) groups is 2. The number of carbonyl (C=O) groups excluding carboxylic acids is 2. The van der Waals surface area contributed by atoms with Crippen LogP contribution >= 0.6 is 0 Å². The molecule has 152 valence electrons. The molecule has 0 radical (unpaired) electrons. The monoisotopic (exact) mass is 403 g/mol. The summed E-state index contributed by atoms with van der Waals surface area (Å²) in [5, 5.41) is 19.5. The van der Waals surface area contributed by atoms with E-state index >= 15 is 0 Å². The van der Waals surface area contributed by atoms with Gasteiger partial charge in [-0.1, -0.05) is 36.4 Å². The number of phenolic OH excluding ortho intramolecular Hbond substituents is 1. The van der Waals surface area contributed by atoms with Crippen LogP contribution in [0, 0.1) is 0 Å². The Balaban J connectivity index is 1.46. The molecular weight excluding hydrogens is 382 g/mol. The van der Waals surface area contributed by atoms with Gasteiger partial charge in [0.25, 0.3) is 0 Å². The van der Waals surface area contributed by atoms with E-state index in [-0.39, 0.29) is 18.4 Å². The predicted molar refractivity (Wildman–Crippen MR) is 110 cm³/mol. The van der Waals surface area contributed by atoms with E-state index in [9.17, 15) is 19.8 Å². The van der Waals surface area contributed by atoms with Crippen molar-refractivity contribution >= 4 is 11.6 Å². The third kappa shape index (κ3) is 2.96. The van der Waals surface area contributed by atoms with Gasteiger partial charge in [0.15, 0.2) is 0 Å². The highest BCUT2D eigenvalue weighted by atomic mass is 16.3. The van der Waals surface area contributed by atoms with Gasteiger partial charge in [0.05, 0.1) is 18.7 Å². The molecule has 0 spiro atoms. The van der Waals surface area contributed by atoms with Crippen LogP contribution in [0.15, 0.2) is 52.9 Å². The van der Waals surface area contributed by atoms with Crippen molar-refractivity contribution in [1.29, 1.82) is 0 Å². The SMILES string of the molecule is O=C1C(=O)c2c(oc3c2CCN([C@H](CO)Cc2ccc(O)cc2)C3)-c2ccccc21. The zero-order valence-electron chi connectivity index (χ0n) is 16.3. The number of aliphatic hydroxyl groups excluding tert-OH is 1. The summed E-state index contributed by atoms with van der Waals surface area (Å²) in [5.74, 6) is 0.409. The largest absolute Gasteiger partial charge is 0.508 e. The molecule has 5 rings (SSSR count). The van der Waals surface area contributed by atoms with Gasteiger partial charge >= 0.3 is 0 Å².